The lowest BCUT2D eigenvalue weighted by molar-refractivity contribution is 0.0697. The first kappa shape index (κ1) is 16.5. The molecule has 1 rings (SSSR count). The van der Waals surface area contributed by atoms with Gasteiger partial charge in [-0.2, -0.15) is 0 Å². The van der Waals surface area contributed by atoms with Gasteiger partial charge < -0.3 is 14.7 Å². The number of carbonyl (C=O) groups is 2. The molecule has 0 saturated heterocycles. The van der Waals surface area contributed by atoms with Crippen LogP contribution in [0.3, 0.4) is 0 Å². The summed E-state index contributed by atoms with van der Waals surface area (Å²) in [6.07, 6.45) is 0. The number of nitrogens with zero attached hydrogens (tertiary/aromatic N) is 1. The normalized spacial score (nSPS) is 12.1. The molecule has 1 heterocycles. The molecule has 0 saturated carbocycles. The molecule has 2 amide bonds. The zero-order chi connectivity index (χ0) is 15.4. The highest BCUT2D eigenvalue weighted by Crippen LogP contribution is 2.32. The molecule has 112 valence electrons. The Hall–Kier alpha value is -1.60. The molecule has 0 aromatic carbocycles. The van der Waals surface area contributed by atoms with Crippen molar-refractivity contribution in [2.45, 2.75) is 26.8 Å². The average Bonchev–Trinajstić information content (AvgIpc) is 2.63. The van der Waals surface area contributed by atoms with Gasteiger partial charge in [-0.1, -0.05) is 0 Å². The number of ether oxygens (including phenoxy) is 1. The minimum absolute atomic E-state index is 0.101. The molecule has 1 aromatic heterocycles. The number of methoxy groups -OCH3 is 1. The Labute approximate surface area is 122 Å². The second kappa shape index (κ2) is 6.71. The molecule has 7 heteroatoms. The molecule has 20 heavy (non-hydrogen) atoms. The summed E-state index contributed by atoms with van der Waals surface area (Å²) in [5.74, 6) is -1.03. The van der Waals surface area contributed by atoms with Crippen molar-refractivity contribution < 1.29 is 19.4 Å². The maximum atomic E-state index is 12.1. The summed E-state index contributed by atoms with van der Waals surface area (Å²) < 4.78 is 5.00. The number of urea groups is 1. The van der Waals surface area contributed by atoms with Gasteiger partial charge in [0.05, 0.1) is 18.2 Å². The zero-order valence-electron chi connectivity index (χ0n) is 12.3. The third-order valence-corrected chi connectivity index (χ3v) is 4.33. The van der Waals surface area contributed by atoms with Gasteiger partial charge in [-0.05, 0) is 26.3 Å². The van der Waals surface area contributed by atoms with Crippen LogP contribution >= 0.6 is 11.3 Å². The van der Waals surface area contributed by atoms with Crippen molar-refractivity contribution >= 4 is 28.3 Å². The first-order valence-corrected chi connectivity index (χ1v) is 6.97. The Morgan fingerprint density at radius 2 is 2.05 bits per heavy atom. The molecule has 0 aliphatic carbocycles. The van der Waals surface area contributed by atoms with E-state index < -0.39 is 5.97 Å². The highest BCUT2D eigenvalue weighted by molar-refractivity contribution is 7.16. The molecule has 0 bridgehead atoms. The quantitative estimate of drug-likeness (QED) is 0.876. The Bertz CT molecular complexity index is 513. The number of aryl methyl sites for hydroxylation is 1. The molecule has 0 aliphatic rings. The first-order chi connectivity index (χ1) is 9.29. The number of nitrogens with one attached hydrogen (secondary N) is 1. The molecule has 2 N–H and O–H groups in total. The molecule has 0 fully saturated rings. The number of carbonyl (C=O) groups excluding carboxylic acids is 1. The van der Waals surface area contributed by atoms with E-state index in [2.05, 4.69) is 5.32 Å². The number of rotatable bonds is 5. The molecule has 1 aromatic rings. The van der Waals surface area contributed by atoms with Crippen molar-refractivity contribution in [2.75, 3.05) is 26.1 Å². The predicted octanol–water partition coefficient (Wildman–Crippen LogP) is 2.56. The number of anilines is 1. The van der Waals surface area contributed by atoms with Gasteiger partial charge in [0.2, 0.25) is 0 Å². The lowest BCUT2D eigenvalue weighted by Crippen LogP contribution is -2.40. The lowest BCUT2D eigenvalue weighted by Gasteiger charge is -2.24. The van der Waals surface area contributed by atoms with Crippen LogP contribution in [0.15, 0.2) is 0 Å². The summed E-state index contributed by atoms with van der Waals surface area (Å²) in [6.45, 7) is 5.84. The lowest BCUT2D eigenvalue weighted by atomic mass is 10.1. The van der Waals surface area contributed by atoms with E-state index in [1.54, 1.807) is 21.1 Å². The van der Waals surface area contributed by atoms with Gasteiger partial charge in [0, 0.05) is 19.0 Å². The van der Waals surface area contributed by atoms with Crippen LogP contribution in [0.2, 0.25) is 0 Å². The summed E-state index contributed by atoms with van der Waals surface area (Å²) in [6, 6.07) is -0.450. The topological polar surface area (TPSA) is 78.9 Å². The Kier molecular flexibility index (Phi) is 5.52. The molecular weight excluding hydrogens is 280 g/mol. The maximum Gasteiger partial charge on any atom is 0.338 e. The van der Waals surface area contributed by atoms with Crippen LogP contribution in [0, 0.1) is 13.8 Å². The molecule has 1 unspecified atom stereocenters. The summed E-state index contributed by atoms with van der Waals surface area (Å²) in [4.78, 5) is 25.7. The van der Waals surface area contributed by atoms with E-state index in [4.69, 9.17) is 4.74 Å². The van der Waals surface area contributed by atoms with E-state index in [-0.39, 0.29) is 17.6 Å². The number of aromatic carboxylic acids is 1. The molecule has 1 atom stereocenters. The Morgan fingerprint density at radius 3 is 2.55 bits per heavy atom. The molecule has 0 radical (unpaired) electrons. The third kappa shape index (κ3) is 3.49. The standard InChI is InChI=1S/C13H20N2O4S/c1-7(6-19-5)15(4)13(18)14-11-10(12(16)17)8(2)9(3)20-11/h7H,6H2,1-5H3,(H,14,18)(H,16,17). The number of hydrogen-bond acceptors (Lipinski definition) is 4. The van der Waals surface area contributed by atoms with E-state index in [1.807, 2.05) is 13.8 Å². The monoisotopic (exact) mass is 300 g/mol. The fraction of sp³-hybridized carbons (Fsp3) is 0.538. The fourth-order valence-electron chi connectivity index (χ4n) is 1.71. The SMILES string of the molecule is COCC(C)N(C)C(=O)Nc1sc(C)c(C)c1C(=O)O. The van der Waals surface area contributed by atoms with Crippen LogP contribution in [0.25, 0.3) is 0 Å². The van der Waals surface area contributed by atoms with Crippen molar-refractivity contribution in [3.05, 3.63) is 16.0 Å². The summed E-state index contributed by atoms with van der Waals surface area (Å²) in [7, 11) is 3.21. The summed E-state index contributed by atoms with van der Waals surface area (Å²) in [5, 5.41) is 12.3. The minimum Gasteiger partial charge on any atom is -0.478 e. The molecule has 0 aliphatic heterocycles. The van der Waals surface area contributed by atoms with Crippen molar-refractivity contribution in [1.29, 1.82) is 0 Å². The van der Waals surface area contributed by atoms with E-state index in [0.717, 1.165) is 4.88 Å². The minimum atomic E-state index is -1.03. The Balaban J connectivity index is 2.91. The van der Waals surface area contributed by atoms with Crippen molar-refractivity contribution in [3.8, 4) is 0 Å². The van der Waals surface area contributed by atoms with Crippen molar-refractivity contribution in [2.24, 2.45) is 0 Å². The summed E-state index contributed by atoms with van der Waals surface area (Å²) in [5.41, 5.74) is 0.846. The fourth-order valence-corrected chi connectivity index (χ4v) is 2.75. The maximum absolute atomic E-state index is 12.1. The van der Waals surface area contributed by atoms with E-state index in [9.17, 15) is 14.7 Å². The number of carboxylic acid groups (broad SMARTS) is 1. The summed E-state index contributed by atoms with van der Waals surface area (Å²) >= 11 is 1.27. The smallest absolute Gasteiger partial charge is 0.338 e. The van der Waals surface area contributed by atoms with Crippen LogP contribution < -0.4 is 5.32 Å². The van der Waals surface area contributed by atoms with Gasteiger partial charge in [0.1, 0.15) is 5.00 Å². The van der Waals surface area contributed by atoms with Crippen LogP contribution in [-0.2, 0) is 4.74 Å². The zero-order valence-corrected chi connectivity index (χ0v) is 13.1. The van der Waals surface area contributed by atoms with Gasteiger partial charge in [-0.25, -0.2) is 9.59 Å². The second-order valence-corrected chi connectivity index (χ2v) is 5.86. The van der Waals surface area contributed by atoms with Gasteiger partial charge in [-0.15, -0.1) is 11.3 Å². The number of hydrogen-bond donors (Lipinski definition) is 2. The second-order valence-electron chi connectivity index (χ2n) is 4.64. The molecular formula is C13H20N2O4S. The predicted molar refractivity (Wildman–Crippen MR) is 78.9 cm³/mol. The first-order valence-electron chi connectivity index (χ1n) is 6.15. The van der Waals surface area contributed by atoms with E-state index in [1.165, 1.54) is 16.2 Å². The highest BCUT2D eigenvalue weighted by Gasteiger charge is 2.22. The number of likely N-dealkylation sites (N-methyl/N-ethyl adjacent to an activating group) is 1. The van der Waals surface area contributed by atoms with Gasteiger partial charge in [-0.3, -0.25) is 5.32 Å². The number of carboxylic acids is 1. The number of thiophene rings is 1. The van der Waals surface area contributed by atoms with E-state index in [0.29, 0.717) is 17.2 Å². The molecule has 0 spiro atoms. The number of amides is 2. The van der Waals surface area contributed by atoms with Crippen LogP contribution in [-0.4, -0.2) is 48.8 Å². The van der Waals surface area contributed by atoms with Crippen LogP contribution in [0.1, 0.15) is 27.7 Å². The Morgan fingerprint density at radius 1 is 1.45 bits per heavy atom. The van der Waals surface area contributed by atoms with Crippen LogP contribution in [0.5, 0.6) is 0 Å². The largest absolute Gasteiger partial charge is 0.478 e. The third-order valence-electron chi connectivity index (χ3n) is 3.21. The van der Waals surface area contributed by atoms with Gasteiger partial charge in [0.25, 0.3) is 0 Å². The van der Waals surface area contributed by atoms with Gasteiger partial charge in [0.15, 0.2) is 0 Å². The van der Waals surface area contributed by atoms with Gasteiger partial charge >= 0.3 is 12.0 Å². The van der Waals surface area contributed by atoms with Crippen molar-refractivity contribution in [1.82, 2.24) is 4.90 Å². The van der Waals surface area contributed by atoms with Crippen LogP contribution in [0.4, 0.5) is 9.80 Å². The molecule has 6 nitrogen and oxygen atoms in total. The average molecular weight is 300 g/mol. The highest BCUT2D eigenvalue weighted by atomic mass is 32.1. The van der Waals surface area contributed by atoms with E-state index >= 15 is 0 Å². The van der Waals surface area contributed by atoms with Crippen molar-refractivity contribution in [3.63, 3.8) is 0 Å².